The van der Waals surface area contributed by atoms with Crippen molar-refractivity contribution >= 4 is 16.9 Å². The van der Waals surface area contributed by atoms with Crippen LogP contribution in [0.5, 0.6) is 0 Å². The van der Waals surface area contributed by atoms with Crippen molar-refractivity contribution in [3.63, 3.8) is 0 Å². The van der Waals surface area contributed by atoms with Gasteiger partial charge in [-0.15, -0.1) is 0 Å². The van der Waals surface area contributed by atoms with E-state index < -0.39 is 0 Å². The second kappa shape index (κ2) is 6.57. The van der Waals surface area contributed by atoms with Crippen LogP contribution in [0.25, 0.3) is 10.9 Å². The third kappa shape index (κ3) is 3.39. The average molecular weight is 274 g/mol. The van der Waals surface area contributed by atoms with Gasteiger partial charge in [-0.3, -0.25) is 4.79 Å². The Bertz CT molecular complexity index is 587. The quantitative estimate of drug-likeness (QED) is 0.823. The minimum atomic E-state index is -0.191. The molecule has 0 bridgehead atoms. The van der Waals surface area contributed by atoms with E-state index in [-0.39, 0.29) is 5.97 Å². The van der Waals surface area contributed by atoms with Crippen LogP contribution in [0.3, 0.4) is 0 Å². The Balaban J connectivity index is 2.26. The summed E-state index contributed by atoms with van der Waals surface area (Å²) in [5, 5.41) is 1.12. The molecule has 0 aliphatic carbocycles. The molecule has 0 spiro atoms. The number of carbonyl (C=O) groups is 1. The molecule has 108 valence electrons. The maximum absolute atomic E-state index is 11.6. The van der Waals surface area contributed by atoms with Gasteiger partial charge in [0.1, 0.15) is 0 Å². The molecule has 2 rings (SSSR count). The maximum atomic E-state index is 11.6. The number of hydrogen-bond acceptors (Lipinski definition) is 3. The molecule has 4 heteroatoms. The first-order valence-electron chi connectivity index (χ1n) is 6.92. The molecule has 0 aliphatic rings. The second-order valence-electron chi connectivity index (χ2n) is 5.29. The predicted molar refractivity (Wildman–Crippen MR) is 80.9 cm³/mol. The first kappa shape index (κ1) is 14.6. The van der Waals surface area contributed by atoms with Crippen molar-refractivity contribution in [1.29, 1.82) is 0 Å². The highest BCUT2D eigenvalue weighted by Crippen LogP contribution is 2.24. The van der Waals surface area contributed by atoms with Gasteiger partial charge < -0.3 is 14.6 Å². The van der Waals surface area contributed by atoms with E-state index in [2.05, 4.69) is 30.0 Å². The van der Waals surface area contributed by atoms with E-state index in [1.54, 1.807) is 0 Å². The normalized spacial score (nSPS) is 11.2. The molecule has 1 heterocycles. The number of methoxy groups -OCH3 is 1. The zero-order valence-corrected chi connectivity index (χ0v) is 12.4. The molecule has 1 N–H and O–H groups in total. The smallest absolute Gasteiger partial charge is 0.310 e. The number of H-pyrrole nitrogens is 1. The van der Waals surface area contributed by atoms with Crippen LogP contribution in [0, 0.1) is 0 Å². The van der Waals surface area contributed by atoms with Crippen molar-refractivity contribution in [3.05, 3.63) is 35.5 Å². The van der Waals surface area contributed by atoms with Crippen LogP contribution < -0.4 is 0 Å². The van der Waals surface area contributed by atoms with Gasteiger partial charge in [0.2, 0.25) is 0 Å². The molecule has 20 heavy (non-hydrogen) atoms. The van der Waals surface area contributed by atoms with E-state index >= 15 is 0 Å². The number of nitrogens with one attached hydrogen (secondary N) is 1. The summed E-state index contributed by atoms with van der Waals surface area (Å²) in [7, 11) is 5.57. The Kier molecular flexibility index (Phi) is 4.79. The standard InChI is InChI=1S/C16H22N2O2/c1-18(2)10-6-9-15-13(11-16(19)20-3)12-7-4-5-8-14(12)17-15/h4-5,7-8,17H,6,9-11H2,1-3H3. The number of para-hydroxylation sites is 1. The number of rotatable bonds is 6. The number of benzene rings is 1. The van der Waals surface area contributed by atoms with Crippen molar-refractivity contribution in [3.8, 4) is 0 Å². The lowest BCUT2D eigenvalue weighted by Gasteiger charge is -2.09. The second-order valence-corrected chi connectivity index (χ2v) is 5.29. The molecular formula is C16H22N2O2. The van der Waals surface area contributed by atoms with Crippen LogP contribution in [0.2, 0.25) is 0 Å². The number of aryl methyl sites for hydroxylation is 1. The fourth-order valence-corrected chi connectivity index (χ4v) is 2.46. The molecule has 0 aliphatic heterocycles. The predicted octanol–water partition coefficient (Wildman–Crippen LogP) is 2.38. The number of aromatic amines is 1. The molecule has 1 aromatic heterocycles. The van der Waals surface area contributed by atoms with Crippen LogP contribution in [0.15, 0.2) is 24.3 Å². The Morgan fingerprint density at radius 2 is 2.05 bits per heavy atom. The average Bonchev–Trinajstić information content (AvgIpc) is 2.76. The topological polar surface area (TPSA) is 45.3 Å². The number of ether oxygens (including phenoxy) is 1. The van der Waals surface area contributed by atoms with Gasteiger partial charge in [-0.05, 0) is 45.1 Å². The molecule has 2 aromatic rings. The lowest BCUT2D eigenvalue weighted by molar-refractivity contribution is -0.139. The van der Waals surface area contributed by atoms with Crippen LogP contribution in [0.1, 0.15) is 17.7 Å². The number of nitrogens with zero attached hydrogens (tertiary/aromatic N) is 1. The van der Waals surface area contributed by atoms with Gasteiger partial charge in [-0.1, -0.05) is 18.2 Å². The SMILES string of the molecule is COC(=O)Cc1c(CCCN(C)C)[nH]c2ccccc12. The number of carbonyl (C=O) groups excluding carboxylic acids is 1. The van der Waals surface area contributed by atoms with Crippen molar-refractivity contribution in [2.45, 2.75) is 19.3 Å². The number of hydrogen-bond donors (Lipinski definition) is 1. The van der Waals surface area contributed by atoms with E-state index in [1.165, 1.54) is 7.11 Å². The van der Waals surface area contributed by atoms with Crippen LogP contribution >= 0.6 is 0 Å². The molecule has 0 unspecified atom stereocenters. The summed E-state index contributed by atoms with van der Waals surface area (Å²) in [6.45, 7) is 1.03. The first-order chi connectivity index (χ1) is 9.61. The molecule has 0 atom stereocenters. The summed E-state index contributed by atoms with van der Waals surface area (Å²) in [6, 6.07) is 8.11. The summed E-state index contributed by atoms with van der Waals surface area (Å²) < 4.78 is 4.81. The molecular weight excluding hydrogens is 252 g/mol. The van der Waals surface area contributed by atoms with E-state index in [9.17, 15) is 4.79 Å². The third-order valence-corrected chi connectivity index (χ3v) is 3.48. The summed E-state index contributed by atoms with van der Waals surface area (Å²) in [5.41, 5.74) is 3.32. The van der Waals surface area contributed by atoms with Crippen LogP contribution in [-0.2, 0) is 22.4 Å². The molecule has 0 fully saturated rings. The molecule has 1 aromatic carbocycles. The highest BCUT2D eigenvalue weighted by Gasteiger charge is 2.14. The Labute approximate surface area is 119 Å². The monoisotopic (exact) mass is 274 g/mol. The fourth-order valence-electron chi connectivity index (χ4n) is 2.46. The molecule has 4 nitrogen and oxygen atoms in total. The summed E-state index contributed by atoms with van der Waals surface area (Å²) in [6.07, 6.45) is 2.34. The van der Waals surface area contributed by atoms with Gasteiger partial charge in [-0.2, -0.15) is 0 Å². The van der Waals surface area contributed by atoms with Gasteiger partial charge in [0.05, 0.1) is 13.5 Å². The Morgan fingerprint density at radius 1 is 1.30 bits per heavy atom. The first-order valence-corrected chi connectivity index (χ1v) is 6.92. The highest BCUT2D eigenvalue weighted by molar-refractivity contribution is 5.88. The van der Waals surface area contributed by atoms with Gasteiger partial charge >= 0.3 is 5.97 Å². The number of esters is 1. The van der Waals surface area contributed by atoms with Crippen molar-refractivity contribution in [2.75, 3.05) is 27.7 Å². The highest BCUT2D eigenvalue weighted by atomic mass is 16.5. The molecule has 0 amide bonds. The zero-order valence-electron chi connectivity index (χ0n) is 12.4. The Morgan fingerprint density at radius 3 is 2.75 bits per heavy atom. The minimum absolute atomic E-state index is 0.191. The van der Waals surface area contributed by atoms with Crippen LogP contribution in [0.4, 0.5) is 0 Å². The van der Waals surface area contributed by atoms with Crippen LogP contribution in [-0.4, -0.2) is 43.6 Å². The fraction of sp³-hybridized carbons (Fsp3) is 0.438. The Hall–Kier alpha value is -1.81. The zero-order chi connectivity index (χ0) is 14.5. The summed E-state index contributed by atoms with van der Waals surface area (Å²) >= 11 is 0. The lowest BCUT2D eigenvalue weighted by atomic mass is 10.0. The number of aromatic nitrogens is 1. The minimum Gasteiger partial charge on any atom is -0.469 e. The van der Waals surface area contributed by atoms with Crippen molar-refractivity contribution in [2.24, 2.45) is 0 Å². The summed E-state index contributed by atoms with van der Waals surface area (Å²) in [4.78, 5) is 17.2. The molecule has 0 radical (unpaired) electrons. The maximum Gasteiger partial charge on any atom is 0.310 e. The number of fused-ring (bicyclic) bond motifs is 1. The van der Waals surface area contributed by atoms with Gasteiger partial charge in [0.15, 0.2) is 0 Å². The van der Waals surface area contributed by atoms with Gasteiger partial charge in [0, 0.05) is 16.6 Å². The van der Waals surface area contributed by atoms with Gasteiger partial charge in [0.25, 0.3) is 0 Å². The van der Waals surface area contributed by atoms with Crippen molar-refractivity contribution < 1.29 is 9.53 Å². The van der Waals surface area contributed by atoms with E-state index in [1.807, 2.05) is 18.2 Å². The molecule has 0 saturated carbocycles. The lowest BCUT2D eigenvalue weighted by Crippen LogP contribution is -2.14. The molecule has 0 saturated heterocycles. The van der Waals surface area contributed by atoms with E-state index in [0.29, 0.717) is 6.42 Å². The summed E-state index contributed by atoms with van der Waals surface area (Å²) in [5.74, 6) is -0.191. The van der Waals surface area contributed by atoms with Crippen molar-refractivity contribution in [1.82, 2.24) is 9.88 Å². The third-order valence-electron chi connectivity index (χ3n) is 3.48. The van der Waals surface area contributed by atoms with E-state index in [4.69, 9.17) is 4.74 Å². The van der Waals surface area contributed by atoms with Gasteiger partial charge in [-0.25, -0.2) is 0 Å². The largest absolute Gasteiger partial charge is 0.469 e. The van der Waals surface area contributed by atoms with E-state index in [0.717, 1.165) is 41.5 Å².